The van der Waals surface area contributed by atoms with Crippen molar-refractivity contribution in [2.24, 2.45) is 21.7 Å². The minimum Gasteiger partial charge on any atom is -0.479 e. The van der Waals surface area contributed by atoms with E-state index in [1.807, 2.05) is 0 Å². The molecule has 0 aliphatic carbocycles. The molecule has 6 N–H and O–H groups in total. The Hall–Kier alpha value is -1.94. The average Bonchev–Trinajstić information content (AvgIpc) is 2.54. The third-order valence-electron chi connectivity index (χ3n) is 3.42. The summed E-state index contributed by atoms with van der Waals surface area (Å²) in [5.74, 6) is -3.52. The highest BCUT2D eigenvalue weighted by Gasteiger charge is 2.44. The predicted molar refractivity (Wildman–Crippen MR) is 99.9 cm³/mol. The Kier molecular flexibility index (Phi) is 8.95. The second kappa shape index (κ2) is 9.67. The third kappa shape index (κ3) is 5.80. The maximum Gasteiger partial charge on any atom is 0.333 e. The molecule has 0 bridgehead atoms. The Morgan fingerprint density at radius 3 is 1.38 bits per heavy atom. The molecule has 148 valence electrons. The minimum atomic E-state index is -2.42. The third-order valence-corrected chi connectivity index (χ3v) is 5.10. The second-order valence-electron chi connectivity index (χ2n) is 5.69. The Balaban J connectivity index is 6.12. The van der Waals surface area contributed by atoms with E-state index in [1.165, 1.54) is 0 Å². The van der Waals surface area contributed by atoms with Gasteiger partial charge in [-0.3, -0.25) is 0 Å². The van der Waals surface area contributed by atoms with E-state index in [-0.39, 0.29) is 24.1 Å². The predicted octanol–water partition coefficient (Wildman–Crippen LogP) is -2.19. The molecule has 0 rings (SSSR count). The summed E-state index contributed by atoms with van der Waals surface area (Å²) in [6.45, 7) is 0. The summed E-state index contributed by atoms with van der Waals surface area (Å²) in [5.41, 5.74) is 17.7. The second-order valence-corrected chi connectivity index (χ2v) is 9.12. The number of hydrogen-bond acceptors (Lipinski definition) is 10. The van der Waals surface area contributed by atoms with Crippen LogP contribution in [0.3, 0.4) is 0 Å². The zero-order chi connectivity index (χ0) is 20.7. The number of carboxylic acids is 2. The SMILES string of the molecule is C#[S-](C)CC(N=NC(C[S-](#C)C)C(N)(C=O)C(=O)O)C(N)(C=O)C(=O)O. The Morgan fingerprint density at radius 1 is 0.962 bits per heavy atom. The first-order chi connectivity index (χ1) is 11.8. The molecule has 12 heteroatoms. The largest absolute Gasteiger partial charge is 0.479 e. The Labute approximate surface area is 155 Å². The molecular weight excluding hydrogens is 384 g/mol. The van der Waals surface area contributed by atoms with Gasteiger partial charge in [0, 0.05) is 0 Å². The van der Waals surface area contributed by atoms with E-state index in [4.69, 9.17) is 22.8 Å². The van der Waals surface area contributed by atoms with Gasteiger partial charge in [0.05, 0.1) is 12.1 Å². The average molecular weight is 406 g/mol. The van der Waals surface area contributed by atoms with Crippen molar-refractivity contribution >= 4 is 45.1 Å². The molecule has 26 heavy (non-hydrogen) atoms. The molecule has 10 nitrogen and oxygen atoms in total. The van der Waals surface area contributed by atoms with Gasteiger partial charge in [0.1, 0.15) is 0 Å². The fraction of sp³-hybridized carbons (Fsp3) is 0.571. The molecule has 0 saturated heterocycles. The number of aldehydes is 2. The van der Waals surface area contributed by atoms with Gasteiger partial charge in [-0.05, 0) is 0 Å². The molecular formula is C14H22N4O6S2-2. The Morgan fingerprint density at radius 2 is 1.23 bits per heavy atom. The molecule has 0 aromatic carbocycles. The van der Waals surface area contributed by atoms with Crippen LogP contribution in [0.15, 0.2) is 10.2 Å². The molecule has 0 fully saturated rings. The van der Waals surface area contributed by atoms with Crippen LogP contribution >= 0.6 is 0 Å². The number of hydrogen-bond donors (Lipinski definition) is 4. The number of carbonyl (C=O) groups excluding carboxylic acids is 2. The van der Waals surface area contributed by atoms with Crippen molar-refractivity contribution in [2.45, 2.75) is 23.2 Å². The van der Waals surface area contributed by atoms with E-state index in [0.717, 1.165) is 0 Å². The summed E-state index contributed by atoms with van der Waals surface area (Å²) in [5, 5.41) is 25.9. The lowest BCUT2D eigenvalue weighted by Crippen LogP contribution is -2.61. The highest BCUT2D eigenvalue weighted by atomic mass is 32.2. The maximum atomic E-state index is 11.4. The number of nitrogens with zero attached hydrogens (tertiary/aromatic N) is 2. The highest BCUT2D eigenvalue weighted by Crippen LogP contribution is 2.16. The maximum absolute atomic E-state index is 11.4. The molecule has 0 aliphatic heterocycles. The number of carboxylic acid groups (broad SMARTS) is 2. The van der Waals surface area contributed by atoms with Crippen LogP contribution in [-0.2, 0) is 39.8 Å². The zero-order valence-corrected chi connectivity index (χ0v) is 15.9. The van der Waals surface area contributed by atoms with Crippen LogP contribution in [0, 0.1) is 11.4 Å². The minimum absolute atomic E-state index is 0.000803. The van der Waals surface area contributed by atoms with Crippen molar-refractivity contribution in [3.05, 3.63) is 0 Å². The fourth-order valence-corrected chi connectivity index (χ4v) is 3.42. The lowest BCUT2D eigenvalue weighted by Gasteiger charge is -2.31. The van der Waals surface area contributed by atoms with Crippen LogP contribution in [0.1, 0.15) is 0 Å². The van der Waals surface area contributed by atoms with Crippen LogP contribution in [0.25, 0.3) is 0 Å². The lowest BCUT2D eigenvalue weighted by molar-refractivity contribution is -0.147. The Bertz CT molecular complexity index is 690. The first-order valence-electron chi connectivity index (χ1n) is 6.96. The van der Waals surface area contributed by atoms with Crippen molar-refractivity contribution in [3.8, 4) is 11.4 Å². The van der Waals surface area contributed by atoms with Crippen molar-refractivity contribution in [1.29, 1.82) is 0 Å². The van der Waals surface area contributed by atoms with Gasteiger partial charge in [0.15, 0.2) is 23.7 Å². The topological polar surface area (TPSA) is 185 Å². The van der Waals surface area contributed by atoms with Gasteiger partial charge in [-0.15, -0.1) is 24.0 Å². The molecule has 0 aromatic heterocycles. The summed E-state index contributed by atoms with van der Waals surface area (Å²) in [4.78, 5) is 45.2. The van der Waals surface area contributed by atoms with Gasteiger partial charge < -0.3 is 63.2 Å². The first kappa shape index (κ1) is 24.1. The molecule has 4 unspecified atom stereocenters. The van der Waals surface area contributed by atoms with E-state index in [1.54, 1.807) is 12.5 Å². The van der Waals surface area contributed by atoms with Crippen LogP contribution in [-0.4, -0.2) is 81.9 Å². The van der Waals surface area contributed by atoms with Gasteiger partial charge in [-0.1, -0.05) is 0 Å². The van der Waals surface area contributed by atoms with E-state index >= 15 is 0 Å². The number of aliphatic carboxylic acids is 2. The molecule has 4 atom stereocenters. The van der Waals surface area contributed by atoms with Crippen molar-refractivity contribution < 1.29 is 29.4 Å². The molecule has 0 spiro atoms. The first-order valence-corrected chi connectivity index (χ1v) is 10.7. The molecule has 0 aromatic rings. The zero-order valence-electron chi connectivity index (χ0n) is 14.3. The summed E-state index contributed by atoms with van der Waals surface area (Å²) in [7, 11) is -1.73. The van der Waals surface area contributed by atoms with Crippen LogP contribution in [0.2, 0.25) is 0 Å². The lowest BCUT2D eigenvalue weighted by atomic mass is 9.94. The van der Waals surface area contributed by atoms with E-state index in [9.17, 15) is 29.4 Å². The molecule has 0 amide bonds. The quantitative estimate of drug-likeness (QED) is 0.136. The van der Waals surface area contributed by atoms with Gasteiger partial charge in [0.25, 0.3) is 0 Å². The van der Waals surface area contributed by atoms with E-state index < -0.39 is 55.7 Å². The monoisotopic (exact) mass is 406 g/mol. The smallest absolute Gasteiger partial charge is 0.333 e. The van der Waals surface area contributed by atoms with E-state index in [2.05, 4.69) is 10.2 Å². The molecule has 0 radical (unpaired) electrons. The molecule has 0 aliphatic rings. The van der Waals surface area contributed by atoms with Crippen molar-refractivity contribution in [2.75, 3.05) is 24.0 Å². The van der Waals surface area contributed by atoms with Gasteiger partial charge >= 0.3 is 11.9 Å². The van der Waals surface area contributed by atoms with E-state index in [0.29, 0.717) is 0 Å². The van der Waals surface area contributed by atoms with Crippen molar-refractivity contribution in [3.63, 3.8) is 0 Å². The normalized spacial score (nSPS) is 18.8. The standard InChI is InChI=1S/C14H22N4O6S2/c1-25(2)5-9(13(15,7-19)11(21)22)17-18-10(6-26(3)4)14(16,8-20)12(23)24/h1,3,7-10H,5-6,15-16H2,2,4H3,(H,21,22)(H,23,24)/q-2. The number of carbonyl (C=O) groups is 4. The van der Waals surface area contributed by atoms with Crippen LogP contribution in [0.5, 0.6) is 0 Å². The summed E-state index contributed by atoms with van der Waals surface area (Å²) >= 11 is 0. The fourth-order valence-electron chi connectivity index (χ4n) is 1.74. The number of nitrogens with two attached hydrogens (primary N) is 2. The van der Waals surface area contributed by atoms with Gasteiger partial charge in [-0.2, -0.15) is 10.2 Å². The molecule has 0 heterocycles. The summed E-state index contributed by atoms with van der Waals surface area (Å²) in [6, 6.07) is -2.78. The van der Waals surface area contributed by atoms with Crippen molar-refractivity contribution in [1.82, 2.24) is 0 Å². The number of azo groups is 1. The summed E-state index contributed by atoms with van der Waals surface area (Å²) < 4.78 is 0. The van der Waals surface area contributed by atoms with Gasteiger partial charge in [0.2, 0.25) is 0 Å². The molecule has 0 saturated carbocycles. The summed E-state index contributed by atoms with van der Waals surface area (Å²) in [6.07, 6.45) is 3.13. The number of rotatable bonds is 10. The highest BCUT2D eigenvalue weighted by molar-refractivity contribution is 7.85. The van der Waals surface area contributed by atoms with Gasteiger partial charge in [-0.25, -0.2) is 9.59 Å². The van der Waals surface area contributed by atoms with Crippen LogP contribution in [0.4, 0.5) is 0 Å². The van der Waals surface area contributed by atoms with Crippen LogP contribution < -0.4 is 11.5 Å².